The molecule has 0 aromatic heterocycles. The molecule has 1 aromatic carbocycles. The molecule has 0 radical (unpaired) electrons. The number of nitrogens with one attached hydrogen (secondary N) is 1. The summed E-state index contributed by atoms with van der Waals surface area (Å²) in [6.45, 7) is 4.16. The van der Waals surface area contributed by atoms with E-state index < -0.39 is 5.97 Å². The molecule has 0 saturated carbocycles. The lowest BCUT2D eigenvalue weighted by atomic mass is 10.2. The van der Waals surface area contributed by atoms with Crippen LogP contribution in [-0.4, -0.2) is 42.9 Å². The van der Waals surface area contributed by atoms with Crippen molar-refractivity contribution in [2.45, 2.75) is 33.1 Å². The Balaban J connectivity index is 2.56. The van der Waals surface area contributed by atoms with E-state index in [9.17, 15) is 14.4 Å². The van der Waals surface area contributed by atoms with Crippen LogP contribution in [0.25, 0.3) is 0 Å². The zero-order chi connectivity index (χ0) is 17.2. The van der Waals surface area contributed by atoms with Gasteiger partial charge in [0.25, 0.3) is 0 Å². The highest BCUT2D eigenvalue weighted by molar-refractivity contribution is 5.95. The van der Waals surface area contributed by atoms with Gasteiger partial charge in [0.05, 0.1) is 19.2 Å². The van der Waals surface area contributed by atoms with Gasteiger partial charge in [-0.1, -0.05) is 19.8 Å². The van der Waals surface area contributed by atoms with E-state index in [1.807, 2.05) is 0 Å². The van der Waals surface area contributed by atoms with Crippen LogP contribution in [0.1, 0.15) is 43.5 Å². The van der Waals surface area contributed by atoms with E-state index in [2.05, 4.69) is 17.0 Å². The summed E-state index contributed by atoms with van der Waals surface area (Å²) < 4.78 is 4.61. The Hall–Kier alpha value is -2.37. The van der Waals surface area contributed by atoms with Gasteiger partial charge in [0, 0.05) is 19.2 Å². The molecule has 0 aliphatic rings. The molecule has 0 bridgehead atoms. The minimum atomic E-state index is -0.429. The van der Waals surface area contributed by atoms with Gasteiger partial charge in [-0.05, 0) is 30.7 Å². The molecular formula is C17H24N2O4. The van der Waals surface area contributed by atoms with Crippen molar-refractivity contribution in [3.8, 4) is 0 Å². The van der Waals surface area contributed by atoms with Crippen molar-refractivity contribution in [1.82, 2.24) is 4.90 Å². The van der Waals surface area contributed by atoms with Crippen LogP contribution in [0.4, 0.5) is 5.69 Å². The molecule has 1 aromatic rings. The highest BCUT2D eigenvalue weighted by Crippen LogP contribution is 2.10. The van der Waals surface area contributed by atoms with Crippen molar-refractivity contribution < 1.29 is 19.1 Å². The molecule has 0 spiro atoms. The lowest BCUT2D eigenvalue weighted by Gasteiger charge is -2.20. The van der Waals surface area contributed by atoms with Gasteiger partial charge in [-0.25, -0.2) is 4.79 Å². The summed E-state index contributed by atoms with van der Waals surface area (Å²) in [5.74, 6) is -0.804. The fourth-order valence-electron chi connectivity index (χ4n) is 2.08. The first-order chi connectivity index (χ1) is 11.0. The summed E-state index contributed by atoms with van der Waals surface area (Å²) in [4.78, 5) is 36.5. The Morgan fingerprint density at radius 3 is 2.30 bits per heavy atom. The molecule has 0 aliphatic carbocycles. The second kappa shape index (κ2) is 9.61. The van der Waals surface area contributed by atoms with E-state index in [4.69, 9.17) is 0 Å². The largest absolute Gasteiger partial charge is 0.465 e. The molecule has 0 fully saturated rings. The number of hydrogen-bond donors (Lipinski definition) is 1. The van der Waals surface area contributed by atoms with E-state index in [1.165, 1.54) is 18.9 Å². The Labute approximate surface area is 136 Å². The number of rotatable bonds is 8. The number of carbonyl (C=O) groups is 3. The summed E-state index contributed by atoms with van der Waals surface area (Å²) in [5, 5.41) is 2.72. The maximum atomic E-state index is 12.0. The maximum absolute atomic E-state index is 12.0. The molecule has 126 valence electrons. The molecule has 1 rings (SSSR count). The number of benzene rings is 1. The topological polar surface area (TPSA) is 75.7 Å². The third-order valence-corrected chi connectivity index (χ3v) is 3.40. The van der Waals surface area contributed by atoms with Gasteiger partial charge in [-0.15, -0.1) is 0 Å². The van der Waals surface area contributed by atoms with Gasteiger partial charge < -0.3 is 15.0 Å². The van der Waals surface area contributed by atoms with E-state index in [0.717, 1.165) is 19.3 Å². The molecule has 0 saturated heterocycles. The lowest BCUT2D eigenvalue weighted by Crippen LogP contribution is -2.37. The Morgan fingerprint density at radius 1 is 1.13 bits per heavy atom. The van der Waals surface area contributed by atoms with Crippen LogP contribution in [0.15, 0.2) is 24.3 Å². The van der Waals surface area contributed by atoms with Crippen LogP contribution < -0.4 is 5.32 Å². The van der Waals surface area contributed by atoms with Crippen molar-refractivity contribution in [1.29, 1.82) is 0 Å². The minimum absolute atomic E-state index is 0.0256. The van der Waals surface area contributed by atoms with Crippen molar-refractivity contribution in [2.24, 2.45) is 0 Å². The Kier molecular flexibility index (Phi) is 7.80. The van der Waals surface area contributed by atoms with Crippen molar-refractivity contribution in [3.63, 3.8) is 0 Å². The third-order valence-electron chi connectivity index (χ3n) is 3.40. The highest BCUT2D eigenvalue weighted by Gasteiger charge is 2.13. The maximum Gasteiger partial charge on any atom is 0.337 e. The number of unbranched alkanes of at least 4 members (excludes halogenated alkanes) is 2. The number of nitrogens with zero attached hydrogens (tertiary/aromatic N) is 1. The monoisotopic (exact) mass is 320 g/mol. The first-order valence-electron chi connectivity index (χ1n) is 7.71. The molecule has 6 heteroatoms. The molecule has 0 atom stereocenters. The van der Waals surface area contributed by atoms with E-state index >= 15 is 0 Å². The van der Waals surface area contributed by atoms with Crippen molar-refractivity contribution >= 4 is 23.5 Å². The normalized spacial score (nSPS) is 10.0. The van der Waals surface area contributed by atoms with Crippen LogP contribution >= 0.6 is 0 Å². The molecule has 1 N–H and O–H groups in total. The lowest BCUT2D eigenvalue weighted by molar-refractivity contribution is -0.132. The average molecular weight is 320 g/mol. The summed E-state index contributed by atoms with van der Waals surface area (Å²) in [6.07, 6.45) is 2.97. The van der Waals surface area contributed by atoms with Gasteiger partial charge in [0.2, 0.25) is 11.8 Å². The first-order valence-corrected chi connectivity index (χ1v) is 7.71. The quantitative estimate of drug-likeness (QED) is 0.589. The fourth-order valence-corrected chi connectivity index (χ4v) is 2.08. The molecule has 0 heterocycles. The van der Waals surface area contributed by atoms with Crippen molar-refractivity contribution in [2.75, 3.05) is 25.5 Å². The molecule has 23 heavy (non-hydrogen) atoms. The highest BCUT2D eigenvalue weighted by atomic mass is 16.5. The molecule has 6 nitrogen and oxygen atoms in total. The summed E-state index contributed by atoms with van der Waals surface area (Å²) in [6, 6.07) is 6.40. The Morgan fingerprint density at radius 2 is 1.78 bits per heavy atom. The minimum Gasteiger partial charge on any atom is -0.465 e. The number of esters is 1. The Bertz CT molecular complexity index is 540. The van der Waals surface area contributed by atoms with Gasteiger partial charge >= 0.3 is 5.97 Å². The van der Waals surface area contributed by atoms with Crippen LogP contribution in [0.2, 0.25) is 0 Å². The summed E-state index contributed by atoms with van der Waals surface area (Å²) in [7, 11) is 1.31. The number of methoxy groups -OCH3 is 1. The predicted octanol–water partition coefficient (Wildman–Crippen LogP) is 2.45. The number of anilines is 1. The van der Waals surface area contributed by atoms with E-state index in [1.54, 1.807) is 24.3 Å². The second-order valence-electron chi connectivity index (χ2n) is 5.26. The molecular weight excluding hydrogens is 296 g/mol. The average Bonchev–Trinajstić information content (AvgIpc) is 2.54. The molecule has 0 unspecified atom stereocenters. The zero-order valence-electron chi connectivity index (χ0n) is 13.9. The zero-order valence-corrected chi connectivity index (χ0v) is 13.9. The number of hydrogen-bond acceptors (Lipinski definition) is 4. The van der Waals surface area contributed by atoms with Crippen LogP contribution in [-0.2, 0) is 14.3 Å². The standard InChI is InChI=1S/C17H24N2O4/c1-4-5-6-11-19(13(2)20)12-16(21)18-15-9-7-14(8-10-15)17(22)23-3/h7-10H,4-6,11-12H2,1-3H3,(H,18,21). The van der Waals surface area contributed by atoms with Crippen LogP contribution in [0, 0.1) is 0 Å². The molecule has 0 aliphatic heterocycles. The van der Waals surface area contributed by atoms with Crippen molar-refractivity contribution in [3.05, 3.63) is 29.8 Å². The third kappa shape index (κ3) is 6.50. The van der Waals surface area contributed by atoms with Crippen LogP contribution in [0.5, 0.6) is 0 Å². The second-order valence-corrected chi connectivity index (χ2v) is 5.26. The predicted molar refractivity (Wildman–Crippen MR) is 88.2 cm³/mol. The first kappa shape index (κ1) is 18.7. The number of ether oxygens (including phenoxy) is 1. The van der Waals surface area contributed by atoms with Crippen LogP contribution in [0.3, 0.4) is 0 Å². The van der Waals surface area contributed by atoms with Gasteiger partial charge in [0.1, 0.15) is 0 Å². The summed E-state index contributed by atoms with van der Waals surface area (Å²) in [5.41, 5.74) is 0.982. The fraction of sp³-hybridized carbons (Fsp3) is 0.471. The SMILES string of the molecule is CCCCCN(CC(=O)Nc1ccc(C(=O)OC)cc1)C(C)=O. The van der Waals surface area contributed by atoms with E-state index in [0.29, 0.717) is 17.8 Å². The summed E-state index contributed by atoms with van der Waals surface area (Å²) >= 11 is 0. The van der Waals surface area contributed by atoms with E-state index in [-0.39, 0.29) is 18.4 Å². The van der Waals surface area contributed by atoms with Gasteiger partial charge in [-0.2, -0.15) is 0 Å². The van der Waals surface area contributed by atoms with Gasteiger partial charge in [-0.3, -0.25) is 9.59 Å². The number of carbonyl (C=O) groups excluding carboxylic acids is 3. The molecule has 2 amide bonds. The number of amides is 2. The smallest absolute Gasteiger partial charge is 0.337 e. The van der Waals surface area contributed by atoms with Gasteiger partial charge in [0.15, 0.2) is 0 Å².